The van der Waals surface area contributed by atoms with Crippen molar-refractivity contribution < 1.29 is 23.3 Å². The van der Waals surface area contributed by atoms with Gasteiger partial charge in [0, 0.05) is 25.6 Å². The van der Waals surface area contributed by atoms with Crippen LogP contribution in [0.1, 0.15) is 12.8 Å². The first-order valence-corrected chi connectivity index (χ1v) is 7.61. The highest BCUT2D eigenvalue weighted by Crippen LogP contribution is 2.31. The van der Waals surface area contributed by atoms with Gasteiger partial charge in [0.2, 0.25) is 0 Å². The zero-order valence-electron chi connectivity index (χ0n) is 11.4. The van der Waals surface area contributed by atoms with Gasteiger partial charge in [0.1, 0.15) is 6.04 Å². The molecule has 2 bridgehead atoms. The fraction of sp³-hybridized carbons (Fsp3) is 0.818. The number of urea groups is 1. The number of hydroxylamine groups is 3. The Morgan fingerprint density at radius 1 is 1.48 bits per heavy atom. The molecule has 0 aliphatic carbocycles. The van der Waals surface area contributed by atoms with Crippen LogP contribution in [0.5, 0.6) is 0 Å². The maximum Gasteiger partial charge on any atom is 0.346 e. The summed E-state index contributed by atoms with van der Waals surface area (Å²) in [6, 6.07) is -1.07. The van der Waals surface area contributed by atoms with Crippen LogP contribution in [0.4, 0.5) is 4.79 Å². The van der Waals surface area contributed by atoms with Crippen molar-refractivity contribution in [3.63, 3.8) is 0 Å². The normalized spacial score (nSPS) is 28.7. The Morgan fingerprint density at radius 2 is 2.29 bits per heavy atom. The molecule has 21 heavy (non-hydrogen) atoms. The number of hydrogen-bond acceptors (Lipinski definition) is 7. The van der Waals surface area contributed by atoms with Crippen LogP contribution in [0.2, 0.25) is 0 Å². The summed E-state index contributed by atoms with van der Waals surface area (Å²) in [4.78, 5) is 30.9. The smallest absolute Gasteiger partial charge is 0.316 e. The molecule has 0 radical (unpaired) electrons. The minimum Gasteiger partial charge on any atom is -0.316 e. The lowest BCUT2D eigenvalue weighted by molar-refractivity contribution is -0.140. The molecule has 10 heteroatoms. The molecule has 3 rings (SSSR count). The van der Waals surface area contributed by atoms with E-state index in [1.807, 2.05) is 0 Å². The van der Waals surface area contributed by atoms with Gasteiger partial charge in [0.05, 0.1) is 12.6 Å². The van der Waals surface area contributed by atoms with Crippen LogP contribution in [-0.4, -0.2) is 64.8 Å². The number of nitrogens with zero attached hydrogens (tertiary/aromatic N) is 2. The van der Waals surface area contributed by atoms with E-state index in [9.17, 15) is 9.59 Å². The van der Waals surface area contributed by atoms with Crippen molar-refractivity contribution in [3.8, 4) is 0 Å². The molecule has 3 N–H and O–H groups in total. The zero-order valence-corrected chi connectivity index (χ0v) is 12.2. The largest absolute Gasteiger partial charge is 0.346 e. The van der Waals surface area contributed by atoms with Crippen molar-refractivity contribution in [1.82, 2.24) is 20.8 Å². The third-order valence-electron chi connectivity index (χ3n) is 4.10. The number of carbonyl (C=O) groups is 2. The summed E-state index contributed by atoms with van der Waals surface area (Å²) in [6.07, 6.45) is 1.19. The summed E-state index contributed by atoms with van der Waals surface area (Å²) in [6.45, 7) is 2.69. The van der Waals surface area contributed by atoms with Crippen LogP contribution in [0.25, 0.3) is 0 Å². The third-order valence-corrected chi connectivity index (χ3v) is 4.32. The average Bonchev–Trinajstić information content (AvgIpc) is 2.67. The van der Waals surface area contributed by atoms with E-state index in [1.165, 1.54) is 4.90 Å². The van der Waals surface area contributed by atoms with E-state index in [0.29, 0.717) is 31.9 Å². The van der Waals surface area contributed by atoms with Gasteiger partial charge in [-0.1, -0.05) is 0 Å². The second kappa shape index (κ2) is 6.36. The average molecular weight is 318 g/mol. The Morgan fingerprint density at radius 3 is 2.95 bits per heavy atom. The van der Waals surface area contributed by atoms with Gasteiger partial charge in [-0.05, 0) is 12.8 Å². The maximum atomic E-state index is 12.1. The van der Waals surface area contributed by atoms with Gasteiger partial charge in [-0.3, -0.25) is 9.63 Å². The van der Waals surface area contributed by atoms with Crippen LogP contribution in [0.15, 0.2) is 0 Å². The molecular formula is C11H18N4O5S. The van der Waals surface area contributed by atoms with Gasteiger partial charge >= 0.3 is 6.03 Å². The fourth-order valence-corrected chi connectivity index (χ4v) is 3.06. The van der Waals surface area contributed by atoms with Gasteiger partial charge in [-0.2, -0.15) is 9.35 Å². The first-order valence-electron chi connectivity index (χ1n) is 6.91. The monoisotopic (exact) mass is 318 g/mol. The lowest BCUT2D eigenvalue weighted by atomic mass is 10.0. The quantitative estimate of drug-likeness (QED) is 0.451. The van der Waals surface area contributed by atoms with Gasteiger partial charge in [0.15, 0.2) is 12.3 Å². The Bertz CT molecular complexity index is 421. The molecule has 0 spiro atoms. The molecule has 3 aliphatic rings. The van der Waals surface area contributed by atoms with Crippen LogP contribution in [0, 0.1) is 5.92 Å². The van der Waals surface area contributed by atoms with Crippen molar-refractivity contribution >= 4 is 24.3 Å². The van der Waals surface area contributed by atoms with E-state index in [0.717, 1.165) is 18.2 Å². The molecule has 9 nitrogen and oxygen atoms in total. The van der Waals surface area contributed by atoms with E-state index >= 15 is 0 Å². The number of carbonyl (C=O) groups excluding carboxylic acids is 2. The Hall–Kier alpha value is -1.07. The molecule has 3 saturated heterocycles. The zero-order chi connectivity index (χ0) is 14.8. The number of amides is 3. The maximum absolute atomic E-state index is 12.1. The second-order valence-electron chi connectivity index (χ2n) is 5.46. The van der Waals surface area contributed by atoms with Gasteiger partial charge in [-0.15, -0.1) is 0 Å². The lowest BCUT2D eigenvalue weighted by Gasteiger charge is -2.30. The third kappa shape index (κ3) is 2.94. The molecule has 3 amide bonds. The molecule has 1 unspecified atom stereocenters. The summed E-state index contributed by atoms with van der Waals surface area (Å²) in [7, 11) is 0. The Balaban J connectivity index is 1.51. The Kier molecular flexibility index (Phi) is 4.50. The van der Waals surface area contributed by atoms with Crippen LogP contribution < -0.4 is 10.8 Å². The molecule has 0 aromatic carbocycles. The number of nitrogens with one attached hydrogen (secondary N) is 2. The minimum absolute atomic E-state index is 0.122. The first-order chi connectivity index (χ1) is 10.2. The highest BCUT2D eigenvalue weighted by molar-refractivity contribution is 7.88. The van der Waals surface area contributed by atoms with E-state index in [2.05, 4.69) is 10.8 Å². The summed E-state index contributed by atoms with van der Waals surface area (Å²) >= 11 is 0.134. The highest BCUT2D eigenvalue weighted by atomic mass is 32.2. The Labute approximate surface area is 126 Å². The number of piperidine rings is 1. The number of hydrogen-bond donors (Lipinski definition) is 3. The SMILES string of the molecule is O=C(NOCC1CNC1)[C@@H]1CCC2CN1C(=O)N2OSO. The predicted octanol–water partition coefficient (Wildman–Crippen LogP) is -0.425. The van der Waals surface area contributed by atoms with Crippen molar-refractivity contribution in [1.29, 1.82) is 0 Å². The summed E-state index contributed by atoms with van der Waals surface area (Å²) < 4.78 is 13.6. The van der Waals surface area contributed by atoms with Gasteiger partial charge < -0.3 is 14.8 Å². The molecule has 3 heterocycles. The highest BCUT2D eigenvalue weighted by Gasteiger charge is 2.48. The molecule has 0 aromatic rings. The molecule has 2 atom stereocenters. The van der Waals surface area contributed by atoms with E-state index in [1.54, 1.807) is 0 Å². The minimum atomic E-state index is -0.550. The van der Waals surface area contributed by atoms with Gasteiger partial charge in [-0.25, -0.2) is 10.3 Å². The number of fused-ring (bicyclic) bond motifs is 2. The van der Waals surface area contributed by atoms with Crippen LogP contribution in [-0.2, 0) is 13.9 Å². The van der Waals surface area contributed by atoms with Crippen molar-refractivity contribution in [3.05, 3.63) is 0 Å². The summed E-state index contributed by atoms with van der Waals surface area (Å²) in [5, 5.41) is 4.24. The molecule has 118 valence electrons. The standard InChI is InChI=1S/C11H18N4O5S/c16-10(13-19-6-7-3-12-4-7)9-2-1-8-5-14(9)11(17)15(8)20-21-18/h7-9,12,18H,1-6H2,(H,13,16)/t8?,9-/m0/s1. The first kappa shape index (κ1) is 14.9. The lowest BCUT2D eigenvalue weighted by Crippen LogP contribution is -2.51. The molecule has 0 saturated carbocycles. The summed E-state index contributed by atoms with van der Waals surface area (Å²) in [5.41, 5.74) is 2.43. The second-order valence-corrected chi connectivity index (χ2v) is 5.76. The van der Waals surface area contributed by atoms with E-state index < -0.39 is 12.1 Å². The fourth-order valence-electron chi connectivity index (χ4n) is 2.80. The molecule has 3 aliphatic heterocycles. The number of rotatable bonds is 6. The van der Waals surface area contributed by atoms with Crippen molar-refractivity contribution in [2.24, 2.45) is 5.92 Å². The van der Waals surface area contributed by atoms with E-state index in [-0.39, 0.29) is 24.3 Å². The summed E-state index contributed by atoms with van der Waals surface area (Å²) in [5.74, 6) is 0.118. The molecule has 0 aromatic heterocycles. The van der Waals surface area contributed by atoms with Gasteiger partial charge in [0.25, 0.3) is 5.91 Å². The van der Waals surface area contributed by atoms with Crippen LogP contribution in [0.3, 0.4) is 0 Å². The molecule has 3 fully saturated rings. The van der Waals surface area contributed by atoms with Crippen LogP contribution >= 0.6 is 12.3 Å². The molecular weight excluding hydrogens is 300 g/mol. The topological polar surface area (TPSA) is 103 Å². The van der Waals surface area contributed by atoms with E-state index in [4.69, 9.17) is 13.7 Å². The van der Waals surface area contributed by atoms with Crippen molar-refractivity contribution in [2.75, 3.05) is 26.2 Å². The predicted molar refractivity (Wildman–Crippen MR) is 72.5 cm³/mol. The van der Waals surface area contributed by atoms with Crippen molar-refractivity contribution in [2.45, 2.75) is 24.9 Å².